The topological polar surface area (TPSA) is 85.2 Å². The Kier molecular flexibility index (Phi) is 6.14. The lowest BCUT2D eigenvalue weighted by Crippen LogP contribution is -2.46. The Morgan fingerprint density at radius 3 is 2.69 bits per heavy atom. The van der Waals surface area contributed by atoms with Crippen molar-refractivity contribution in [1.82, 2.24) is 14.3 Å². The third-order valence-corrected chi connectivity index (χ3v) is 6.47. The van der Waals surface area contributed by atoms with Crippen molar-refractivity contribution >= 4 is 23.2 Å². The second kappa shape index (κ2) is 9.26. The van der Waals surface area contributed by atoms with Gasteiger partial charge in [0.2, 0.25) is 0 Å². The summed E-state index contributed by atoms with van der Waals surface area (Å²) >= 11 is 0. The summed E-state index contributed by atoms with van der Waals surface area (Å²) in [5.41, 5.74) is 2.35. The van der Waals surface area contributed by atoms with Crippen LogP contribution >= 0.6 is 0 Å². The average Bonchev–Trinajstić information content (AvgIpc) is 3.14. The van der Waals surface area contributed by atoms with E-state index in [0.29, 0.717) is 43.9 Å². The van der Waals surface area contributed by atoms with E-state index in [2.05, 4.69) is 10.3 Å². The number of nitrogens with one attached hydrogen (secondary N) is 1. The molecule has 3 heterocycles. The molecule has 0 spiro atoms. The van der Waals surface area contributed by atoms with Gasteiger partial charge in [0.05, 0.1) is 43.3 Å². The molecule has 1 saturated carbocycles. The van der Waals surface area contributed by atoms with Crippen LogP contribution in [0.2, 0.25) is 0 Å². The third kappa shape index (κ3) is 4.58. The number of morpholine rings is 1. The van der Waals surface area contributed by atoms with Crippen LogP contribution in [-0.4, -0.2) is 65.1 Å². The molecule has 1 atom stereocenters. The maximum atomic E-state index is 15.3. The highest BCUT2D eigenvalue weighted by atomic mass is 19.1. The van der Waals surface area contributed by atoms with Crippen LogP contribution in [0.3, 0.4) is 0 Å². The average molecular weight is 485 g/mol. The molecule has 1 aliphatic carbocycles. The van der Waals surface area contributed by atoms with Crippen molar-refractivity contribution < 1.29 is 27.8 Å². The lowest BCUT2D eigenvalue weighted by molar-refractivity contribution is -0.124. The van der Waals surface area contributed by atoms with Crippen LogP contribution in [0.4, 0.5) is 19.3 Å². The van der Waals surface area contributed by atoms with Crippen molar-refractivity contribution in [2.45, 2.75) is 38.3 Å². The highest BCUT2D eigenvalue weighted by molar-refractivity contribution is 5.87. The van der Waals surface area contributed by atoms with Gasteiger partial charge in [0, 0.05) is 43.7 Å². The third-order valence-electron chi connectivity index (χ3n) is 6.47. The van der Waals surface area contributed by atoms with Crippen LogP contribution in [0.1, 0.15) is 24.1 Å². The smallest absolute Gasteiger partial charge is 0.409 e. The zero-order chi connectivity index (χ0) is 24.7. The molecule has 8 nitrogen and oxygen atoms in total. The fourth-order valence-electron chi connectivity index (χ4n) is 4.66. The van der Waals surface area contributed by atoms with E-state index in [1.807, 2.05) is 25.3 Å². The highest BCUT2D eigenvalue weighted by Gasteiger charge is 2.30. The van der Waals surface area contributed by atoms with Crippen LogP contribution in [0.15, 0.2) is 30.5 Å². The number of ether oxygens (including phenoxy) is 2. The standard InChI is InChI=1S/C25H26F2N4O4/c1-14-3-4-31-21(12-18-13-30(5-6-35-18)25(33)34-2)24(29-22(31)7-14)23-19(26)10-16(11-20(23)27)28-15-8-17(32)9-15/h3-4,7,10-11,15,18,28H,5-6,8-9,12-13H2,1-2H3/t18-/m0/s1. The molecule has 1 N–H and O–H groups in total. The van der Waals surface area contributed by atoms with Crippen LogP contribution in [0, 0.1) is 18.6 Å². The summed E-state index contributed by atoms with van der Waals surface area (Å²) in [6, 6.07) is 6.09. The van der Waals surface area contributed by atoms with Crippen molar-refractivity contribution in [1.29, 1.82) is 0 Å². The predicted octanol–water partition coefficient (Wildman–Crippen LogP) is 3.74. The second-order valence-electron chi connectivity index (χ2n) is 9.06. The molecular formula is C25H26F2N4O4. The van der Waals surface area contributed by atoms with Gasteiger partial charge < -0.3 is 24.1 Å². The first-order chi connectivity index (χ1) is 16.8. The van der Waals surface area contributed by atoms with Crippen molar-refractivity contribution in [2.24, 2.45) is 0 Å². The largest absolute Gasteiger partial charge is 0.453 e. The number of anilines is 1. The minimum atomic E-state index is -0.750. The van der Waals surface area contributed by atoms with Gasteiger partial charge in [-0.05, 0) is 36.8 Å². The minimum Gasteiger partial charge on any atom is -0.453 e. The van der Waals surface area contributed by atoms with Gasteiger partial charge in [-0.3, -0.25) is 4.79 Å². The molecule has 1 aromatic carbocycles. The van der Waals surface area contributed by atoms with Crippen LogP contribution in [0.25, 0.3) is 16.9 Å². The number of fused-ring (bicyclic) bond motifs is 1. The molecule has 5 rings (SSSR count). The van der Waals surface area contributed by atoms with Gasteiger partial charge in [0.25, 0.3) is 0 Å². The maximum Gasteiger partial charge on any atom is 0.409 e. The Balaban J connectivity index is 1.51. The second-order valence-corrected chi connectivity index (χ2v) is 9.06. The van der Waals surface area contributed by atoms with Gasteiger partial charge in [0.15, 0.2) is 0 Å². The van der Waals surface area contributed by atoms with E-state index < -0.39 is 23.8 Å². The molecule has 2 aromatic heterocycles. The summed E-state index contributed by atoms with van der Waals surface area (Å²) in [5, 5.41) is 3.01. The number of hydrogen-bond donors (Lipinski definition) is 1. The van der Waals surface area contributed by atoms with E-state index in [-0.39, 0.29) is 35.2 Å². The number of imidazole rings is 1. The molecular weight excluding hydrogens is 458 g/mol. The molecule has 0 bridgehead atoms. The van der Waals surface area contributed by atoms with Crippen LogP contribution < -0.4 is 5.32 Å². The number of hydrogen-bond acceptors (Lipinski definition) is 6. The summed E-state index contributed by atoms with van der Waals surface area (Å²) in [6.45, 7) is 2.95. The van der Waals surface area contributed by atoms with Crippen molar-refractivity contribution in [3.63, 3.8) is 0 Å². The van der Waals surface area contributed by atoms with Gasteiger partial charge in [-0.2, -0.15) is 0 Å². The molecule has 1 amide bonds. The zero-order valence-electron chi connectivity index (χ0n) is 19.5. The number of pyridine rings is 1. The highest BCUT2D eigenvalue weighted by Crippen LogP contribution is 2.34. The number of aromatic nitrogens is 2. The minimum absolute atomic E-state index is 0.109. The Morgan fingerprint density at radius 2 is 2.00 bits per heavy atom. The Labute approximate surface area is 200 Å². The fraction of sp³-hybridized carbons (Fsp3) is 0.400. The number of nitrogens with zero attached hydrogens (tertiary/aromatic N) is 3. The number of benzene rings is 1. The molecule has 0 unspecified atom stereocenters. The number of carbonyl (C=O) groups is 2. The molecule has 1 saturated heterocycles. The number of carbonyl (C=O) groups excluding carboxylic acids is 2. The van der Waals surface area contributed by atoms with E-state index in [1.54, 1.807) is 9.30 Å². The van der Waals surface area contributed by atoms with E-state index in [4.69, 9.17) is 9.47 Å². The van der Waals surface area contributed by atoms with Crippen molar-refractivity contribution in [3.8, 4) is 11.3 Å². The van der Waals surface area contributed by atoms with Gasteiger partial charge in [-0.25, -0.2) is 18.6 Å². The first-order valence-electron chi connectivity index (χ1n) is 11.5. The molecule has 3 aromatic rings. The number of ketones is 1. The van der Waals surface area contributed by atoms with Gasteiger partial charge in [-0.1, -0.05) is 0 Å². The first kappa shape index (κ1) is 23.2. The lowest BCUT2D eigenvalue weighted by Gasteiger charge is -2.32. The normalized spacial score (nSPS) is 18.6. The monoisotopic (exact) mass is 484 g/mol. The van der Waals surface area contributed by atoms with Gasteiger partial charge in [-0.15, -0.1) is 0 Å². The number of halogens is 2. The number of methoxy groups -OCH3 is 1. The Hall–Kier alpha value is -3.53. The zero-order valence-corrected chi connectivity index (χ0v) is 19.5. The maximum absolute atomic E-state index is 15.3. The number of amides is 1. The molecule has 35 heavy (non-hydrogen) atoms. The predicted molar refractivity (Wildman–Crippen MR) is 124 cm³/mol. The Bertz CT molecular complexity index is 1280. The quantitative estimate of drug-likeness (QED) is 0.594. The molecule has 0 radical (unpaired) electrons. The summed E-state index contributed by atoms with van der Waals surface area (Å²) in [5.74, 6) is -1.37. The van der Waals surface area contributed by atoms with Gasteiger partial charge in [0.1, 0.15) is 23.1 Å². The fourth-order valence-corrected chi connectivity index (χ4v) is 4.66. The van der Waals surface area contributed by atoms with Crippen LogP contribution in [-0.2, 0) is 20.7 Å². The van der Waals surface area contributed by atoms with E-state index in [1.165, 1.54) is 19.2 Å². The van der Waals surface area contributed by atoms with E-state index >= 15 is 8.78 Å². The van der Waals surface area contributed by atoms with Gasteiger partial charge >= 0.3 is 6.09 Å². The van der Waals surface area contributed by atoms with Crippen LogP contribution in [0.5, 0.6) is 0 Å². The molecule has 2 fully saturated rings. The SMILES string of the molecule is COC(=O)N1CCO[C@@H](Cc2c(-c3c(F)cc(NC4CC(=O)C4)cc3F)nc3cc(C)ccn23)C1. The summed E-state index contributed by atoms with van der Waals surface area (Å²) in [7, 11) is 1.32. The number of Topliss-reactive ketones (excluding diaryl/α,β-unsaturated/α-hetero) is 1. The molecule has 10 heteroatoms. The molecule has 184 valence electrons. The number of aryl methyl sites for hydroxylation is 1. The van der Waals surface area contributed by atoms with Crippen molar-refractivity contribution in [3.05, 3.63) is 53.4 Å². The summed E-state index contributed by atoms with van der Waals surface area (Å²) in [6.07, 6.45) is 1.97. The first-order valence-corrected chi connectivity index (χ1v) is 11.5. The Morgan fingerprint density at radius 1 is 1.26 bits per heavy atom. The van der Waals surface area contributed by atoms with E-state index in [9.17, 15) is 9.59 Å². The number of rotatable bonds is 5. The molecule has 2 aliphatic rings. The lowest BCUT2D eigenvalue weighted by atomic mass is 9.91. The van der Waals surface area contributed by atoms with Crippen molar-refractivity contribution in [2.75, 3.05) is 32.1 Å². The summed E-state index contributed by atoms with van der Waals surface area (Å²) < 4.78 is 43.2. The summed E-state index contributed by atoms with van der Waals surface area (Å²) in [4.78, 5) is 29.4. The van der Waals surface area contributed by atoms with E-state index in [0.717, 1.165) is 5.56 Å². The molecule has 1 aliphatic heterocycles.